The number of aliphatic carboxylic acids is 1. The highest BCUT2D eigenvalue weighted by Gasteiger charge is 2.38. The Kier molecular flexibility index (Phi) is 6.93. The number of carboxylic acid groups (broad SMARTS) is 1. The molecule has 1 unspecified atom stereocenters. The molecule has 1 aromatic heterocycles. The minimum Gasteiger partial charge on any atom is -0.475 e. The van der Waals surface area contributed by atoms with Gasteiger partial charge in [-0.25, -0.2) is 9.78 Å². The molecular formula is C21H23F3N4O6. The van der Waals surface area contributed by atoms with Gasteiger partial charge in [-0.2, -0.15) is 13.2 Å². The summed E-state index contributed by atoms with van der Waals surface area (Å²) >= 11 is 0. The lowest BCUT2D eigenvalue weighted by atomic mass is 10.1. The summed E-state index contributed by atoms with van der Waals surface area (Å²) in [7, 11) is 0. The van der Waals surface area contributed by atoms with Crippen LogP contribution in [0.5, 0.6) is 11.5 Å². The van der Waals surface area contributed by atoms with Gasteiger partial charge in [0.2, 0.25) is 12.7 Å². The number of nitrogens with zero attached hydrogens (tertiary/aromatic N) is 4. The van der Waals surface area contributed by atoms with Crippen molar-refractivity contribution >= 4 is 11.9 Å². The number of carboxylic acids is 1. The fraction of sp³-hybridized carbons (Fsp3) is 0.476. The Labute approximate surface area is 192 Å². The van der Waals surface area contributed by atoms with E-state index in [4.69, 9.17) is 24.1 Å². The molecule has 1 amide bonds. The molecular weight excluding hydrogens is 461 g/mol. The Bertz CT molecular complexity index is 1040. The number of imidazole rings is 1. The summed E-state index contributed by atoms with van der Waals surface area (Å²) in [4.78, 5) is 30.5. The van der Waals surface area contributed by atoms with E-state index in [1.54, 1.807) is 6.33 Å². The van der Waals surface area contributed by atoms with Crippen molar-refractivity contribution in [3.05, 3.63) is 42.0 Å². The van der Waals surface area contributed by atoms with E-state index in [0.29, 0.717) is 32.8 Å². The van der Waals surface area contributed by atoms with Crippen LogP contribution in [0.25, 0.3) is 0 Å². The number of ether oxygens (including phenoxy) is 3. The number of carbonyl (C=O) groups excluding carboxylic acids is 1. The number of rotatable bonds is 3. The summed E-state index contributed by atoms with van der Waals surface area (Å²) in [5.74, 6) is -1.04. The van der Waals surface area contributed by atoms with Crippen LogP contribution in [-0.2, 0) is 27.4 Å². The number of halogens is 3. The molecule has 3 aliphatic rings. The zero-order valence-corrected chi connectivity index (χ0v) is 18.0. The summed E-state index contributed by atoms with van der Waals surface area (Å²) in [6, 6.07) is 5.77. The molecule has 1 atom stereocenters. The third-order valence-electron chi connectivity index (χ3n) is 5.59. The minimum absolute atomic E-state index is 0.146. The van der Waals surface area contributed by atoms with Crippen molar-refractivity contribution < 1.29 is 42.1 Å². The van der Waals surface area contributed by atoms with Crippen molar-refractivity contribution in [1.29, 1.82) is 0 Å². The number of hydrogen-bond acceptors (Lipinski definition) is 7. The molecule has 4 heterocycles. The molecule has 1 N–H and O–H groups in total. The van der Waals surface area contributed by atoms with Crippen molar-refractivity contribution in [2.45, 2.75) is 25.3 Å². The molecule has 0 saturated carbocycles. The minimum atomic E-state index is -5.08. The maximum atomic E-state index is 13.1. The molecule has 1 saturated heterocycles. The molecule has 10 nitrogen and oxygen atoms in total. The van der Waals surface area contributed by atoms with Crippen molar-refractivity contribution in [3.63, 3.8) is 0 Å². The largest absolute Gasteiger partial charge is 0.490 e. The summed E-state index contributed by atoms with van der Waals surface area (Å²) < 4.78 is 50.0. The summed E-state index contributed by atoms with van der Waals surface area (Å²) in [6.45, 7) is 4.97. The van der Waals surface area contributed by atoms with E-state index >= 15 is 0 Å². The van der Waals surface area contributed by atoms with Gasteiger partial charge in [0.15, 0.2) is 11.5 Å². The normalized spacial score (nSPS) is 19.7. The molecule has 13 heteroatoms. The SMILES string of the molecule is O=C(C1CN(Cc2ccc3c(c2)OCO3)Cc2cncn21)N1CCOCC1.O=C(O)C(F)(F)F. The first kappa shape index (κ1) is 23.8. The maximum absolute atomic E-state index is 13.1. The van der Waals surface area contributed by atoms with Crippen LogP contribution in [0, 0.1) is 0 Å². The molecule has 1 aromatic carbocycles. The fourth-order valence-electron chi connectivity index (χ4n) is 3.97. The Morgan fingerprint density at radius 1 is 1.15 bits per heavy atom. The third-order valence-corrected chi connectivity index (χ3v) is 5.59. The second-order valence-corrected chi connectivity index (χ2v) is 7.91. The number of benzene rings is 1. The van der Waals surface area contributed by atoms with Crippen LogP contribution in [0.4, 0.5) is 13.2 Å². The predicted octanol–water partition coefficient (Wildman–Crippen LogP) is 1.66. The van der Waals surface area contributed by atoms with Crippen LogP contribution in [0.1, 0.15) is 17.3 Å². The van der Waals surface area contributed by atoms with Gasteiger partial charge in [-0.05, 0) is 17.7 Å². The second-order valence-electron chi connectivity index (χ2n) is 7.91. The average molecular weight is 484 g/mol. The van der Waals surface area contributed by atoms with Crippen LogP contribution in [0.15, 0.2) is 30.7 Å². The highest BCUT2D eigenvalue weighted by Crippen LogP contribution is 2.33. The van der Waals surface area contributed by atoms with Gasteiger partial charge in [0.1, 0.15) is 6.04 Å². The summed E-state index contributed by atoms with van der Waals surface area (Å²) in [5, 5.41) is 7.12. The Morgan fingerprint density at radius 2 is 1.85 bits per heavy atom. The highest BCUT2D eigenvalue weighted by molar-refractivity contribution is 5.81. The summed E-state index contributed by atoms with van der Waals surface area (Å²) in [5.41, 5.74) is 2.21. The van der Waals surface area contributed by atoms with Crippen LogP contribution in [0.2, 0.25) is 0 Å². The monoisotopic (exact) mass is 484 g/mol. The van der Waals surface area contributed by atoms with Crippen molar-refractivity contribution in [2.75, 3.05) is 39.6 Å². The van der Waals surface area contributed by atoms with Gasteiger partial charge in [0.05, 0.1) is 25.2 Å². The standard InChI is InChI=1S/C19H22N4O4.C2HF3O2/c24-19(22-3-5-25-6-4-22)16-11-21(10-15-8-20-12-23(15)16)9-14-1-2-17-18(7-14)27-13-26-17;3-2(4,5)1(6)7/h1-2,7-8,12,16H,3-6,9-11,13H2;(H,6,7). The number of amides is 1. The van der Waals surface area contributed by atoms with Gasteiger partial charge in [0.25, 0.3) is 0 Å². The molecule has 34 heavy (non-hydrogen) atoms. The van der Waals surface area contributed by atoms with E-state index in [9.17, 15) is 18.0 Å². The van der Waals surface area contributed by atoms with Gasteiger partial charge in [-0.3, -0.25) is 9.69 Å². The third kappa shape index (κ3) is 5.42. The Morgan fingerprint density at radius 3 is 2.56 bits per heavy atom. The number of carbonyl (C=O) groups is 2. The zero-order chi connectivity index (χ0) is 24.3. The van der Waals surface area contributed by atoms with Gasteiger partial charge in [-0.15, -0.1) is 0 Å². The average Bonchev–Trinajstić information content (AvgIpc) is 3.47. The smallest absolute Gasteiger partial charge is 0.475 e. The van der Waals surface area contributed by atoms with E-state index in [1.165, 1.54) is 0 Å². The lowest BCUT2D eigenvalue weighted by Gasteiger charge is -2.37. The highest BCUT2D eigenvalue weighted by atomic mass is 19.4. The molecule has 0 spiro atoms. The zero-order valence-electron chi connectivity index (χ0n) is 18.0. The molecule has 1 fully saturated rings. The number of morpholine rings is 1. The first-order chi connectivity index (χ1) is 16.2. The van der Waals surface area contributed by atoms with Crippen LogP contribution in [0.3, 0.4) is 0 Å². The van der Waals surface area contributed by atoms with Crippen molar-refractivity contribution in [2.24, 2.45) is 0 Å². The molecule has 2 aromatic rings. The lowest BCUT2D eigenvalue weighted by molar-refractivity contribution is -0.192. The number of aromatic nitrogens is 2. The molecule has 5 rings (SSSR count). The quantitative estimate of drug-likeness (QED) is 0.701. The second kappa shape index (κ2) is 9.89. The Hall–Kier alpha value is -3.32. The summed E-state index contributed by atoms with van der Waals surface area (Å²) in [6.07, 6.45) is -1.46. The molecule has 3 aliphatic heterocycles. The van der Waals surface area contributed by atoms with Crippen LogP contribution >= 0.6 is 0 Å². The van der Waals surface area contributed by atoms with Gasteiger partial charge in [0, 0.05) is 38.9 Å². The van der Waals surface area contributed by atoms with Crippen LogP contribution < -0.4 is 9.47 Å². The number of hydrogen-bond donors (Lipinski definition) is 1. The van der Waals surface area contributed by atoms with E-state index in [-0.39, 0.29) is 18.7 Å². The van der Waals surface area contributed by atoms with Gasteiger partial charge >= 0.3 is 12.1 Å². The molecule has 0 aliphatic carbocycles. The lowest BCUT2D eigenvalue weighted by Crippen LogP contribution is -2.49. The predicted molar refractivity (Wildman–Crippen MR) is 109 cm³/mol. The van der Waals surface area contributed by atoms with Crippen molar-refractivity contribution in [1.82, 2.24) is 19.4 Å². The molecule has 0 radical (unpaired) electrons. The van der Waals surface area contributed by atoms with E-state index in [0.717, 1.165) is 35.8 Å². The maximum Gasteiger partial charge on any atom is 0.490 e. The number of alkyl halides is 3. The van der Waals surface area contributed by atoms with E-state index in [1.807, 2.05) is 27.8 Å². The van der Waals surface area contributed by atoms with Crippen LogP contribution in [-0.4, -0.2) is 82.2 Å². The van der Waals surface area contributed by atoms with Crippen molar-refractivity contribution in [3.8, 4) is 11.5 Å². The van der Waals surface area contributed by atoms with Gasteiger partial charge < -0.3 is 28.8 Å². The first-order valence-electron chi connectivity index (χ1n) is 10.5. The van der Waals surface area contributed by atoms with E-state index in [2.05, 4.69) is 16.0 Å². The first-order valence-corrected chi connectivity index (χ1v) is 10.5. The van der Waals surface area contributed by atoms with Gasteiger partial charge in [-0.1, -0.05) is 6.07 Å². The fourth-order valence-corrected chi connectivity index (χ4v) is 3.97. The molecule has 0 bridgehead atoms. The topological polar surface area (TPSA) is 106 Å². The Balaban J connectivity index is 0.000000344. The van der Waals surface area contributed by atoms with E-state index < -0.39 is 12.1 Å². The number of fused-ring (bicyclic) bond motifs is 2. The molecule has 184 valence electrons.